The number of aryl methyl sites for hydroxylation is 1. The molecule has 1 atom stereocenters. The minimum atomic E-state index is -0.380. The highest BCUT2D eigenvalue weighted by Crippen LogP contribution is 2.55. The second-order valence-electron chi connectivity index (χ2n) is 7.99. The summed E-state index contributed by atoms with van der Waals surface area (Å²) in [7, 11) is 0. The topological polar surface area (TPSA) is 84.0 Å². The number of amides is 3. The summed E-state index contributed by atoms with van der Waals surface area (Å²) < 4.78 is 0.752. The van der Waals surface area contributed by atoms with Crippen molar-refractivity contribution in [2.45, 2.75) is 67.5 Å². The third-order valence-corrected chi connectivity index (χ3v) is 7.83. The summed E-state index contributed by atoms with van der Waals surface area (Å²) in [6.07, 6.45) is 7.22. The molecule has 2 N–H and O–H groups in total. The molecule has 0 radical (unpaired) electrons. The largest absolute Gasteiger partial charge is 0.332 e. The Hall–Kier alpha value is -1.15. The van der Waals surface area contributed by atoms with Crippen LogP contribution in [-0.4, -0.2) is 32.9 Å². The van der Waals surface area contributed by atoms with Crippen LogP contribution in [0.2, 0.25) is 0 Å². The number of carbonyl (C=O) groups is 2. The Morgan fingerprint density at radius 2 is 1.76 bits per heavy atom. The van der Waals surface area contributed by atoms with Gasteiger partial charge in [-0.1, -0.05) is 23.1 Å². The fraction of sp³-hybridized carbons (Fsp3) is 0.765. The molecule has 4 saturated carbocycles. The van der Waals surface area contributed by atoms with Crippen molar-refractivity contribution in [2.75, 3.05) is 0 Å². The molecule has 0 aliphatic heterocycles. The van der Waals surface area contributed by atoms with Crippen molar-refractivity contribution in [1.82, 2.24) is 20.8 Å². The van der Waals surface area contributed by atoms with Crippen LogP contribution in [0.1, 0.15) is 50.5 Å². The number of thioether (sulfide) groups is 1. The molecule has 4 fully saturated rings. The molecule has 1 aromatic heterocycles. The number of rotatable bonds is 4. The van der Waals surface area contributed by atoms with Gasteiger partial charge in [0.2, 0.25) is 5.91 Å². The van der Waals surface area contributed by atoms with E-state index in [2.05, 4.69) is 20.8 Å². The predicted octanol–water partition coefficient (Wildman–Crippen LogP) is 3.12. The fourth-order valence-electron chi connectivity index (χ4n) is 5.28. The van der Waals surface area contributed by atoms with Crippen molar-refractivity contribution in [3.05, 3.63) is 5.01 Å². The van der Waals surface area contributed by atoms with Crippen LogP contribution in [0.15, 0.2) is 4.34 Å². The predicted molar refractivity (Wildman–Crippen MR) is 97.5 cm³/mol. The van der Waals surface area contributed by atoms with E-state index in [1.54, 1.807) is 6.92 Å². The van der Waals surface area contributed by atoms with Crippen LogP contribution < -0.4 is 10.6 Å². The van der Waals surface area contributed by atoms with Crippen LogP contribution in [0, 0.1) is 24.7 Å². The van der Waals surface area contributed by atoms with Gasteiger partial charge in [-0.15, -0.1) is 10.2 Å². The van der Waals surface area contributed by atoms with E-state index in [1.807, 2.05) is 6.92 Å². The Morgan fingerprint density at radius 3 is 2.28 bits per heavy atom. The normalized spacial score (nSPS) is 33.9. The molecule has 1 heterocycles. The van der Waals surface area contributed by atoms with Crippen molar-refractivity contribution in [2.24, 2.45) is 17.8 Å². The molecule has 136 valence electrons. The molecule has 5 rings (SSSR count). The lowest BCUT2D eigenvalue weighted by atomic mass is 9.53. The number of carbonyl (C=O) groups excluding carboxylic acids is 2. The van der Waals surface area contributed by atoms with Crippen LogP contribution in [-0.2, 0) is 4.79 Å². The smallest absolute Gasteiger partial charge is 0.321 e. The van der Waals surface area contributed by atoms with Crippen LogP contribution in [0.4, 0.5) is 4.79 Å². The van der Waals surface area contributed by atoms with Gasteiger partial charge in [0.25, 0.3) is 0 Å². The fourth-order valence-corrected chi connectivity index (χ4v) is 7.24. The molecule has 25 heavy (non-hydrogen) atoms. The summed E-state index contributed by atoms with van der Waals surface area (Å²) >= 11 is 2.79. The molecule has 4 aliphatic carbocycles. The molecule has 6 nitrogen and oxygen atoms in total. The maximum Gasteiger partial charge on any atom is 0.321 e. The first-order valence-corrected chi connectivity index (χ1v) is 10.7. The number of hydrogen-bond donors (Lipinski definition) is 2. The van der Waals surface area contributed by atoms with Crippen LogP contribution in [0.25, 0.3) is 0 Å². The second kappa shape index (κ2) is 6.54. The van der Waals surface area contributed by atoms with Gasteiger partial charge in [0.1, 0.15) is 5.01 Å². The standard InChI is InChI=1S/C17H24N4O2S2/c1-9(24-16-21-20-10(2)25-16)14(22)18-15(23)19-17-6-11-3-12(7-17)5-13(4-11)8-17/h9,11-13H,3-8H2,1-2H3,(H2,18,19,22,23). The zero-order chi connectivity index (χ0) is 17.6. The molecule has 4 bridgehead atoms. The van der Waals surface area contributed by atoms with Gasteiger partial charge in [-0.3, -0.25) is 10.1 Å². The minimum Gasteiger partial charge on any atom is -0.332 e. The average molecular weight is 381 g/mol. The van der Waals surface area contributed by atoms with Gasteiger partial charge in [-0.05, 0) is 70.1 Å². The Balaban J connectivity index is 1.32. The van der Waals surface area contributed by atoms with Crippen molar-refractivity contribution in [1.29, 1.82) is 0 Å². The Morgan fingerprint density at radius 1 is 1.16 bits per heavy atom. The molecule has 1 aromatic rings. The van der Waals surface area contributed by atoms with E-state index >= 15 is 0 Å². The van der Waals surface area contributed by atoms with E-state index < -0.39 is 0 Å². The number of nitrogens with one attached hydrogen (secondary N) is 2. The highest BCUT2D eigenvalue weighted by atomic mass is 32.2. The first-order chi connectivity index (χ1) is 11.9. The summed E-state index contributed by atoms with van der Waals surface area (Å²) in [6.45, 7) is 3.67. The van der Waals surface area contributed by atoms with Crippen molar-refractivity contribution in [3.8, 4) is 0 Å². The quantitative estimate of drug-likeness (QED) is 0.784. The summed E-state index contributed by atoms with van der Waals surface area (Å²) in [4.78, 5) is 24.7. The third-order valence-electron chi connectivity index (χ3n) is 5.81. The van der Waals surface area contributed by atoms with Crippen LogP contribution in [0.3, 0.4) is 0 Å². The Bertz CT molecular complexity index is 655. The maximum absolute atomic E-state index is 12.4. The molecule has 0 aromatic carbocycles. The van der Waals surface area contributed by atoms with Gasteiger partial charge < -0.3 is 5.32 Å². The highest BCUT2D eigenvalue weighted by molar-refractivity contribution is 8.02. The molecular formula is C17H24N4O2S2. The van der Waals surface area contributed by atoms with E-state index in [0.717, 1.165) is 46.4 Å². The van der Waals surface area contributed by atoms with Crippen molar-refractivity contribution in [3.63, 3.8) is 0 Å². The van der Waals surface area contributed by atoms with Gasteiger partial charge in [-0.2, -0.15) is 0 Å². The van der Waals surface area contributed by atoms with Gasteiger partial charge >= 0.3 is 6.03 Å². The van der Waals surface area contributed by atoms with Crippen molar-refractivity contribution < 1.29 is 9.59 Å². The third kappa shape index (κ3) is 3.69. The van der Waals surface area contributed by atoms with Gasteiger partial charge in [0.05, 0.1) is 5.25 Å². The number of aromatic nitrogens is 2. The summed E-state index contributed by atoms with van der Waals surface area (Å²) in [5, 5.41) is 14.2. The monoisotopic (exact) mass is 380 g/mol. The lowest BCUT2D eigenvalue weighted by Gasteiger charge is -2.56. The number of nitrogens with zero attached hydrogens (tertiary/aromatic N) is 2. The Labute approximate surface area is 155 Å². The van der Waals surface area contributed by atoms with E-state index in [4.69, 9.17) is 0 Å². The second-order valence-corrected chi connectivity index (χ2v) is 10.8. The van der Waals surface area contributed by atoms with E-state index in [-0.39, 0.29) is 22.7 Å². The molecule has 8 heteroatoms. The zero-order valence-corrected chi connectivity index (χ0v) is 16.2. The molecule has 3 amide bonds. The van der Waals surface area contributed by atoms with E-state index in [0.29, 0.717) is 0 Å². The van der Waals surface area contributed by atoms with E-state index in [9.17, 15) is 9.59 Å². The molecule has 1 unspecified atom stereocenters. The SMILES string of the molecule is Cc1nnc(SC(C)C(=O)NC(=O)NC23CC4CC(CC(C4)C2)C3)s1. The van der Waals surface area contributed by atoms with Gasteiger partial charge in [-0.25, -0.2) is 4.79 Å². The summed E-state index contributed by atoms with van der Waals surface area (Å²) in [6, 6.07) is -0.340. The van der Waals surface area contributed by atoms with Gasteiger partial charge in [0.15, 0.2) is 4.34 Å². The lowest BCUT2D eigenvalue weighted by Crippen LogP contribution is -2.62. The molecule has 0 spiro atoms. The lowest BCUT2D eigenvalue weighted by molar-refractivity contribution is -0.119. The zero-order valence-electron chi connectivity index (χ0n) is 14.6. The molecule has 0 saturated heterocycles. The summed E-state index contributed by atoms with van der Waals surface area (Å²) in [5.41, 5.74) is -0.0775. The number of imide groups is 1. The minimum absolute atomic E-state index is 0.0775. The molecule has 4 aliphatic rings. The van der Waals surface area contributed by atoms with Crippen molar-refractivity contribution >= 4 is 35.0 Å². The van der Waals surface area contributed by atoms with Gasteiger partial charge in [0, 0.05) is 5.54 Å². The first-order valence-electron chi connectivity index (χ1n) is 9.00. The molecular weight excluding hydrogens is 356 g/mol. The van der Waals surface area contributed by atoms with E-state index in [1.165, 1.54) is 42.4 Å². The van der Waals surface area contributed by atoms with Crippen LogP contribution in [0.5, 0.6) is 0 Å². The number of urea groups is 1. The summed E-state index contributed by atoms with van der Waals surface area (Å²) in [5.74, 6) is 2.01. The first kappa shape index (κ1) is 17.3. The van der Waals surface area contributed by atoms with Crippen LogP contribution >= 0.6 is 23.1 Å². The highest BCUT2D eigenvalue weighted by Gasteiger charge is 2.51. The Kier molecular flexibility index (Phi) is 4.52. The number of hydrogen-bond acceptors (Lipinski definition) is 6. The maximum atomic E-state index is 12.4. The average Bonchev–Trinajstić information content (AvgIpc) is 2.90.